The van der Waals surface area contributed by atoms with Crippen molar-refractivity contribution in [3.05, 3.63) is 34.5 Å². The van der Waals surface area contributed by atoms with Gasteiger partial charge >= 0.3 is 0 Å². The summed E-state index contributed by atoms with van der Waals surface area (Å²) in [6, 6.07) is 6.35. The summed E-state index contributed by atoms with van der Waals surface area (Å²) in [7, 11) is 1.94. The number of halogens is 1. The number of aromatic amines is 1. The Labute approximate surface area is 94.6 Å². The molecule has 0 aliphatic rings. The van der Waals surface area contributed by atoms with Crippen LogP contribution in [0.2, 0.25) is 5.02 Å². The zero-order valence-corrected chi connectivity index (χ0v) is 9.78. The molecule has 0 aliphatic heterocycles. The monoisotopic (exact) mass is 222 g/mol. The molecule has 2 aromatic rings. The Morgan fingerprint density at radius 2 is 2.20 bits per heavy atom. The summed E-state index contributed by atoms with van der Waals surface area (Å²) in [4.78, 5) is 3.33. The van der Waals surface area contributed by atoms with E-state index in [0.29, 0.717) is 0 Å². The molecule has 0 saturated heterocycles. The van der Waals surface area contributed by atoms with Crippen molar-refractivity contribution in [1.82, 2.24) is 10.3 Å². The van der Waals surface area contributed by atoms with E-state index >= 15 is 0 Å². The van der Waals surface area contributed by atoms with Gasteiger partial charge in [-0.15, -0.1) is 0 Å². The van der Waals surface area contributed by atoms with Crippen molar-refractivity contribution >= 4 is 22.5 Å². The first-order valence-electron chi connectivity index (χ1n) is 5.19. The molecule has 15 heavy (non-hydrogen) atoms. The van der Waals surface area contributed by atoms with Crippen LogP contribution in [0.25, 0.3) is 10.9 Å². The molecule has 0 unspecified atom stereocenters. The summed E-state index contributed by atoms with van der Waals surface area (Å²) in [5.41, 5.74) is 3.50. The van der Waals surface area contributed by atoms with Crippen LogP contribution in [0.5, 0.6) is 0 Å². The first kappa shape index (κ1) is 10.5. The molecule has 1 heterocycles. The van der Waals surface area contributed by atoms with Gasteiger partial charge in [0.15, 0.2) is 0 Å². The maximum atomic E-state index is 6.28. The summed E-state index contributed by atoms with van der Waals surface area (Å²) in [6.07, 6.45) is 0.939. The third-order valence-electron chi connectivity index (χ3n) is 2.61. The predicted molar refractivity (Wildman–Crippen MR) is 65.5 cm³/mol. The molecule has 0 spiro atoms. The van der Waals surface area contributed by atoms with E-state index in [2.05, 4.69) is 35.4 Å². The SMILES string of the molecule is CCc1[nH]c2ccc(CNC)cc2c1Cl. The Hall–Kier alpha value is -0.990. The Balaban J connectivity index is 2.54. The first-order valence-corrected chi connectivity index (χ1v) is 5.57. The smallest absolute Gasteiger partial charge is 0.0691 e. The molecular formula is C12H15ClN2. The third-order valence-corrected chi connectivity index (χ3v) is 3.04. The van der Waals surface area contributed by atoms with E-state index in [1.54, 1.807) is 0 Å². The second-order valence-corrected chi connectivity index (χ2v) is 4.06. The van der Waals surface area contributed by atoms with Gasteiger partial charge in [0.2, 0.25) is 0 Å². The second-order valence-electron chi connectivity index (χ2n) is 3.68. The van der Waals surface area contributed by atoms with Crippen LogP contribution in [0.4, 0.5) is 0 Å². The van der Waals surface area contributed by atoms with Crippen LogP contribution in [0.1, 0.15) is 18.2 Å². The number of rotatable bonds is 3. The molecule has 0 atom stereocenters. The van der Waals surface area contributed by atoms with Crippen molar-refractivity contribution in [2.24, 2.45) is 0 Å². The summed E-state index contributed by atoms with van der Waals surface area (Å²) < 4.78 is 0. The van der Waals surface area contributed by atoms with E-state index in [0.717, 1.165) is 34.6 Å². The highest BCUT2D eigenvalue weighted by molar-refractivity contribution is 6.36. The molecule has 2 rings (SSSR count). The average Bonchev–Trinajstić information content (AvgIpc) is 2.56. The number of hydrogen-bond acceptors (Lipinski definition) is 1. The fourth-order valence-corrected chi connectivity index (χ4v) is 2.16. The maximum absolute atomic E-state index is 6.28. The van der Waals surface area contributed by atoms with Gasteiger partial charge in [0.05, 0.1) is 5.02 Å². The van der Waals surface area contributed by atoms with Gasteiger partial charge in [-0.3, -0.25) is 0 Å². The quantitative estimate of drug-likeness (QED) is 0.821. The largest absolute Gasteiger partial charge is 0.357 e. The van der Waals surface area contributed by atoms with Crippen molar-refractivity contribution in [3.8, 4) is 0 Å². The molecule has 2 N–H and O–H groups in total. The fourth-order valence-electron chi connectivity index (χ4n) is 1.82. The van der Waals surface area contributed by atoms with Crippen molar-refractivity contribution in [2.75, 3.05) is 7.05 Å². The minimum Gasteiger partial charge on any atom is -0.357 e. The van der Waals surface area contributed by atoms with Crippen molar-refractivity contribution < 1.29 is 0 Å². The molecular weight excluding hydrogens is 208 g/mol. The number of benzene rings is 1. The van der Waals surface area contributed by atoms with Crippen LogP contribution < -0.4 is 5.32 Å². The molecule has 2 nitrogen and oxygen atoms in total. The Morgan fingerprint density at radius 3 is 2.87 bits per heavy atom. The van der Waals surface area contributed by atoms with E-state index < -0.39 is 0 Å². The second kappa shape index (κ2) is 4.25. The van der Waals surface area contributed by atoms with Gasteiger partial charge in [0.1, 0.15) is 0 Å². The summed E-state index contributed by atoms with van der Waals surface area (Å²) in [5.74, 6) is 0. The third kappa shape index (κ3) is 1.87. The lowest BCUT2D eigenvalue weighted by Gasteiger charge is -1.99. The molecule has 0 radical (unpaired) electrons. The maximum Gasteiger partial charge on any atom is 0.0691 e. The summed E-state index contributed by atoms with van der Waals surface area (Å²) >= 11 is 6.28. The minimum absolute atomic E-state index is 0.866. The van der Waals surface area contributed by atoms with Gasteiger partial charge in [-0.05, 0) is 31.2 Å². The first-order chi connectivity index (χ1) is 7.26. The van der Waals surface area contributed by atoms with Gasteiger partial charge < -0.3 is 10.3 Å². The van der Waals surface area contributed by atoms with Crippen LogP contribution in [0.15, 0.2) is 18.2 Å². The number of aryl methyl sites for hydroxylation is 1. The molecule has 0 bridgehead atoms. The molecule has 1 aromatic carbocycles. The van der Waals surface area contributed by atoms with E-state index in [-0.39, 0.29) is 0 Å². The molecule has 80 valence electrons. The highest BCUT2D eigenvalue weighted by Crippen LogP contribution is 2.28. The topological polar surface area (TPSA) is 27.8 Å². The molecule has 0 fully saturated rings. The standard InChI is InChI=1S/C12H15ClN2/c1-3-10-12(13)9-6-8(7-14-2)4-5-11(9)15-10/h4-6,14-15H,3,7H2,1-2H3. The molecule has 0 saturated carbocycles. The van der Waals surface area contributed by atoms with Crippen molar-refractivity contribution in [3.63, 3.8) is 0 Å². The number of fused-ring (bicyclic) bond motifs is 1. The molecule has 0 aliphatic carbocycles. The summed E-state index contributed by atoms with van der Waals surface area (Å²) in [6.45, 7) is 2.98. The van der Waals surface area contributed by atoms with Gasteiger partial charge in [0, 0.05) is 23.1 Å². The molecule has 3 heteroatoms. The normalized spacial score (nSPS) is 11.1. The lowest BCUT2D eigenvalue weighted by Crippen LogP contribution is -2.04. The van der Waals surface area contributed by atoms with E-state index in [1.165, 1.54) is 5.56 Å². The zero-order chi connectivity index (χ0) is 10.8. The van der Waals surface area contributed by atoms with Crippen LogP contribution in [-0.4, -0.2) is 12.0 Å². The van der Waals surface area contributed by atoms with Crippen LogP contribution in [0, 0.1) is 0 Å². The highest BCUT2D eigenvalue weighted by atomic mass is 35.5. The van der Waals surface area contributed by atoms with E-state index in [1.807, 2.05) is 7.05 Å². The van der Waals surface area contributed by atoms with Crippen LogP contribution in [-0.2, 0) is 13.0 Å². The predicted octanol–water partition coefficient (Wildman–Crippen LogP) is 3.10. The van der Waals surface area contributed by atoms with Crippen LogP contribution >= 0.6 is 11.6 Å². The summed E-state index contributed by atoms with van der Waals surface area (Å²) in [5, 5.41) is 5.13. The van der Waals surface area contributed by atoms with E-state index in [4.69, 9.17) is 11.6 Å². The van der Waals surface area contributed by atoms with Gasteiger partial charge in [0.25, 0.3) is 0 Å². The van der Waals surface area contributed by atoms with Gasteiger partial charge in [-0.2, -0.15) is 0 Å². The van der Waals surface area contributed by atoms with Gasteiger partial charge in [-0.25, -0.2) is 0 Å². The lowest BCUT2D eigenvalue weighted by molar-refractivity contribution is 0.819. The fraction of sp³-hybridized carbons (Fsp3) is 0.333. The minimum atomic E-state index is 0.866. The number of hydrogen-bond donors (Lipinski definition) is 2. The Morgan fingerprint density at radius 1 is 1.40 bits per heavy atom. The van der Waals surface area contributed by atoms with Crippen molar-refractivity contribution in [2.45, 2.75) is 19.9 Å². The van der Waals surface area contributed by atoms with Crippen molar-refractivity contribution in [1.29, 1.82) is 0 Å². The zero-order valence-electron chi connectivity index (χ0n) is 9.02. The van der Waals surface area contributed by atoms with Gasteiger partial charge in [-0.1, -0.05) is 24.6 Å². The molecule has 1 aromatic heterocycles. The number of nitrogens with one attached hydrogen (secondary N) is 2. The number of H-pyrrole nitrogens is 1. The lowest BCUT2D eigenvalue weighted by atomic mass is 10.1. The average molecular weight is 223 g/mol. The number of aromatic nitrogens is 1. The molecule has 0 amide bonds. The Bertz CT molecular complexity index is 474. The Kier molecular flexibility index (Phi) is 2.98. The highest BCUT2D eigenvalue weighted by Gasteiger charge is 2.07. The van der Waals surface area contributed by atoms with E-state index in [9.17, 15) is 0 Å². The van der Waals surface area contributed by atoms with Crippen LogP contribution in [0.3, 0.4) is 0 Å².